The van der Waals surface area contributed by atoms with Crippen molar-refractivity contribution >= 4 is 27.3 Å². The minimum absolute atomic E-state index is 0.0920. The summed E-state index contributed by atoms with van der Waals surface area (Å²) in [6, 6.07) is 11.3. The Balaban J connectivity index is 2.24. The Labute approximate surface area is 137 Å². The highest BCUT2D eigenvalue weighted by molar-refractivity contribution is 6.14. The average Bonchev–Trinajstić information content (AvgIpc) is 2.99. The van der Waals surface area contributed by atoms with E-state index in [-0.39, 0.29) is 5.56 Å². The maximum atomic E-state index is 15.3. The molecule has 0 saturated carbocycles. The third kappa shape index (κ3) is 1.31. The van der Waals surface area contributed by atoms with Crippen LogP contribution >= 0.6 is 0 Å². The van der Waals surface area contributed by atoms with Gasteiger partial charge in [0.25, 0.3) is 5.92 Å². The first-order valence-electron chi connectivity index (χ1n) is 8.06. The van der Waals surface area contributed by atoms with Gasteiger partial charge in [-0.15, -0.1) is 0 Å². The Kier molecular flexibility index (Phi) is 2.28. The van der Waals surface area contributed by atoms with Gasteiger partial charge in [-0.25, -0.2) is 13.8 Å². The molecule has 0 amide bonds. The van der Waals surface area contributed by atoms with Crippen LogP contribution in [0.5, 0.6) is 0 Å². The summed E-state index contributed by atoms with van der Waals surface area (Å²) in [5.41, 5.74) is 1.70. The van der Waals surface area contributed by atoms with Crippen molar-refractivity contribution in [2.24, 2.45) is 0 Å². The molecule has 0 unspecified atom stereocenters. The molecule has 2 aromatic heterocycles. The predicted molar refractivity (Wildman–Crippen MR) is 91.9 cm³/mol. The number of imidazole rings is 1. The molecule has 5 rings (SSSR count). The van der Waals surface area contributed by atoms with E-state index in [0.29, 0.717) is 11.2 Å². The van der Waals surface area contributed by atoms with E-state index in [4.69, 9.17) is 0 Å². The van der Waals surface area contributed by atoms with Gasteiger partial charge in [0.15, 0.2) is 0 Å². The highest BCUT2D eigenvalue weighted by Gasteiger charge is 2.54. The monoisotopic (exact) mass is 322 g/mol. The van der Waals surface area contributed by atoms with Crippen molar-refractivity contribution in [2.45, 2.75) is 32.1 Å². The first-order chi connectivity index (χ1) is 11.4. The fourth-order valence-corrected chi connectivity index (χ4v) is 4.12. The maximum absolute atomic E-state index is 15.3. The van der Waals surface area contributed by atoms with Crippen molar-refractivity contribution in [1.82, 2.24) is 9.38 Å². The second kappa shape index (κ2) is 3.94. The normalized spacial score (nSPS) is 18.0. The molecule has 0 spiro atoms. The van der Waals surface area contributed by atoms with Crippen LogP contribution in [0.4, 0.5) is 8.78 Å². The van der Waals surface area contributed by atoms with E-state index >= 15 is 8.78 Å². The Morgan fingerprint density at radius 1 is 1.00 bits per heavy atom. The van der Waals surface area contributed by atoms with Gasteiger partial charge in [0.2, 0.25) is 0 Å². The lowest BCUT2D eigenvalue weighted by molar-refractivity contribution is -0.0759. The van der Waals surface area contributed by atoms with Crippen LogP contribution in [-0.4, -0.2) is 9.38 Å². The van der Waals surface area contributed by atoms with Crippen molar-refractivity contribution in [3.05, 3.63) is 59.4 Å². The number of halogens is 2. The minimum Gasteiger partial charge on any atom is -0.295 e. The lowest BCUT2D eigenvalue weighted by atomic mass is 9.75. The van der Waals surface area contributed by atoms with Gasteiger partial charge in [-0.2, -0.15) is 0 Å². The van der Waals surface area contributed by atoms with Gasteiger partial charge >= 0.3 is 0 Å². The quantitative estimate of drug-likeness (QED) is 0.400. The van der Waals surface area contributed by atoms with Crippen LogP contribution < -0.4 is 0 Å². The smallest absolute Gasteiger partial charge is 0.285 e. The zero-order chi connectivity index (χ0) is 16.9. The van der Waals surface area contributed by atoms with Gasteiger partial charge in [-0.05, 0) is 31.7 Å². The molecular weight excluding hydrogens is 306 g/mol. The van der Waals surface area contributed by atoms with E-state index in [0.717, 1.165) is 27.4 Å². The zero-order valence-electron chi connectivity index (χ0n) is 13.7. The summed E-state index contributed by atoms with van der Waals surface area (Å²) in [7, 11) is 0. The third-order valence-electron chi connectivity index (χ3n) is 5.57. The molecule has 0 fully saturated rings. The number of nitrogens with zero attached hydrogens (tertiary/aromatic N) is 2. The van der Waals surface area contributed by atoms with Crippen LogP contribution in [0.2, 0.25) is 0 Å². The minimum atomic E-state index is -2.95. The molecule has 1 aliphatic rings. The van der Waals surface area contributed by atoms with Crippen LogP contribution in [0, 0.1) is 6.92 Å². The molecule has 2 aromatic carbocycles. The number of fused-ring (bicyclic) bond motifs is 3. The molecule has 0 atom stereocenters. The number of hydrogen-bond acceptors (Lipinski definition) is 1. The number of alkyl halides is 2. The van der Waals surface area contributed by atoms with Gasteiger partial charge in [-0.1, -0.05) is 36.4 Å². The lowest BCUT2D eigenvalue weighted by Crippen LogP contribution is -2.42. The summed E-state index contributed by atoms with van der Waals surface area (Å²) in [6.45, 7) is 5.17. The predicted octanol–water partition coefficient (Wildman–Crippen LogP) is 5.33. The van der Waals surface area contributed by atoms with Crippen molar-refractivity contribution in [3.63, 3.8) is 0 Å². The second-order valence-electron chi connectivity index (χ2n) is 7.20. The largest absolute Gasteiger partial charge is 0.295 e. The number of rotatable bonds is 0. The van der Waals surface area contributed by atoms with Crippen molar-refractivity contribution < 1.29 is 8.78 Å². The summed E-state index contributed by atoms with van der Waals surface area (Å²) >= 11 is 0. The molecule has 0 N–H and O–H groups in total. The molecule has 24 heavy (non-hydrogen) atoms. The molecular formula is C20H16F2N2. The van der Waals surface area contributed by atoms with Gasteiger partial charge in [0.1, 0.15) is 5.65 Å². The number of hydrogen-bond donors (Lipinski definition) is 0. The highest BCUT2D eigenvalue weighted by Crippen LogP contribution is 2.53. The molecule has 4 aromatic rings. The molecule has 120 valence electrons. The molecule has 1 aliphatic heterocycles. The molecule has 0 bridgehead atoms. The van der Waals surface area contributed by atoms with E-state index in [1.165, 1.54) is 0 Å². The van der Waals surface area contributed by atoms with Crippen molar-refractivity contribution in [1.29, 1.82) is 0 Å². The number of pyridine rings is 1. The summed E-state index contributed by atoms with van der Waals surface area (Å²) in [4.78, 5) is 4.52. The van der Waals surface area contributed by atoms with Crippen molar-refractivity contribution in [3.8, 4) is 0 Å². The molecule has 0 aliphatic carbocycles. The molecule has 0 radical (unpaired) electrons. The second-order valence-corrected chi connectivity index (χ2v) is 7.20. The highest BCUT2D eigenvalue weighted by atomic mass is 19.3. The van der Waals surface area contributed by atoms with Crippen LogP contribution in [0.3, 0.4) is 0 Å². The van der Waals surface area contributed by atoms with Crippen LogP contribution in [0.25, 0.3) is 27.3 Å². The standard InChI is InChI=1S/C20H16F2N2/c1-11-8-9-14-17-16(11)12-6-4-5-7-13(12)18-23-10-15(24(17)18)19(2,3)20(14,21)22/h4-10H,1-3H3. The third-order valence-corrected chi connectivity index (χ3v) is 5.57. The summed E-state index contributed by atoms with van der Waals surface area (Å²) in [6.07, 6.45) is 1.61. The number of aromatic nitrogens is 2. The van der Waals surface area contributed by atoms with E-state index in [1.54, 1.807) is 26.1 Å². The van der Waals surface area contributed by atoms with E-state index in [2.05, 4.69) is 4.98 Å². The first-order valence-corrected chi connectivity index (χ1v) is 8.06. The summed E-state index contributed by atoms with van der Waals surface area (Å²) in [5, 5.41) is 2.87. The van der Waals surface area contributed by atoms with Crippen molar-refractivity contribution in [2.75, 3.05) is 0 Å². The Hall–Kier alpha value is -2.49. The lowest BCUT2D eigenvalue weighted by Gasteiger charge is -2.38. The zero-order valence-corrected chi connectivity index (χ0v) is 13.7. The Morgan fingerprint density at radius 2 is 1.71 bits per heavy atom. The maximum Gasteiger partial charge on any atom is 0.285 e. The van der Waals surface area contributed by atoms with Gasteiger partial charge in [0.05, 0.1) is 22.8 Å². The number of benzene rings is 2. The molecule has 4 heteroatoms. The SMILES string of the molecule is Cc1ccc2c3c1c1ccccc1c1ncc(n13)C(C)(C)C2(F)F. The van der Waals surface area contributed by atoms with E-state index in [9.17, 15) is 0 Å². The Bertz CT molecular complexity index is 1170. The van der Waals surface area contributed by atoms with Crippen LogP contribution in [-0.2, 0) is 11.3 Å². The first kappa shape index (κ1) is 13.9. The Morgan fingerprint density at radius 3 is 2.46 bits per heavy atom. The number of aryl methyl sites for hydroxylation is 1. The van der Waals surface area contributed by atoms with Gasteiger partial charge in [0, 0.05) is 16.3 Å². The average molecular weight is 322 g/mol. The molecule has 0 saturated heterocycles. The molecule has 3 heterocycles. The fraction of sp³-hybridized carbons (Fsp3) is 0.250. The van der Waals surface area contributed by atoms with Crippen LogP contribution in [0.1, 0.15) is 30.7 Å². The van der Waals surface area contributed by atoms with Gasteiger partial charge < -0.3 is 0 Å². The van der Waals surface area contributed by atoms with E-state index in [1.807, 2.05) is 41.7 Å². The summed E-state index contributed by atoms with van der Waals surface area (Å²) < 4.78 is 32.6. The van der Waals surface area contributed by atoms with Gasteiger partial charge in [-0.3, -0.25) is 4.40 Å². The summed E-state index contributed by atoms with van der Waals surface area (Å²) in [5.74, 6) is -2.95. The molecule has 2 nitrogen and oxygen atoms in total. The van der Waals surface area contributed by atoms with Crippen LogP contribution in [0.15, 0.2) is 42.6 Å². The fourth-order valence-electron chi connectivity index (χ4n) is 4.12. The topological polar surface area (TPSA) is 17.3 Å². The van der Waals surface area contributed by atoms with E-state index < -0.39 is 11.3 Å².